The minimum absolute atomic E-state index is 0.116. The first-order chi connectivity index (χ1) is 7.11. The van der Waals surface area contributed by atoms with Crippen LogP contribution in [0.25, 0.3) is 0 Å². The fraction of sp³-hybridized carbons (Fsp3) is 0.111. The average Bonchev–Trinajstić information content (AvgIpc) is 2.17. The van der Waals surface area contributed by atoms with Crippen LogP contribution in [0.2, 0.25) is 0 Å². The van der Waals surface area contributed by atoms with Crippen LogP contribution in [-0.2, 0) is 4.79 Å². The molecule has 15 heavy (non-hydrogen) atoms. The van der Waals surface area contributed by atoms with Crippen molar-refractivity contribution >= 4 is 23.2 Å². The smallest absolute Gasteiger partial charge is 0.221 e. The third-order valence-electron chi connectivity index (χ3n) is 1.53. The molecule has 5 N–H and O–H groups in total. The lowest BCUT2D eigenvalue weighted by molar-refractivity contribution is -0.114. The summed E-state index contributed by atoms with van der Waals surface area (Å²) in [5, 5.41) is 11.0. The van der Waals surface area contributed by atoms with Crippen LogP contribution >= 0.6 is 0 Å². The van der Waals surface area contributed by atoms with E-state index in [1.807, 2.05) is 0 Å². The van der Waals surface area contributed by atoms with Crippen molar-refractivity contribution in [3.8, 4) is 0 Å². The number of guanidine groups is 1. The Morgan fingerprint density at radius 1 is 1.53 bits per heavy atom. The van der Waals surface area contributed by atoms with Crippen molar-refractivity contribution in [3.63, 3.8) is 0 Å². The molecule has 0 saturated carbocycles. The summed E-state index contributed by atoms with van der Waals surface area (Å²) in [4.78, 5) is 14.6. The number of nitrogens with zero attached hydrogens (tertiary/aromatic N) is 1. The number of hydrogen-bond donors (Lipinski definition) is 4. The molecule has 0 aromatic heterocycles. The number of rotatable bonds is 2. The predicted octanol–water partition coefficient (Wildman–Crippen LogP) is 0.570. The molecule has 0 aliphatic carbocycles. The van der Waals surface area contributed by atoms with Gasteiger partial charge in [0.25, 0.3) is 0 Å². The second-order valence-corrected chi connectivity index (χ2v) is 2.84. The van der Waals surface area contributed by atoms with E-state index in [2.05, 4.69) is 10.3 Å². The Kier molecular flexibility index (Phi) is 3.64. The van der Waals surface area contributed by atoms with Gasteiger partial charge in [0.2, 0.25) is 11.9 Å². The highest BCUT2D eigenvalue weighted by Crippen LogP contribution is 2.17. The number of hydrogen-bond acceptors (Lipinski definition) is 3. The van der Waals surface area contributed by atoms with Crippen LogP contribution in [0, 0.1) is 0 Å². The van der Waals surface area contributed by atoms with Crippen molar-refractivity contribution in [2.75, 3.05) is 5.32 Å². The zero-order chi connectivity index (χ0) is 11.3. The number of benzene rings is 1. The number of carbonyl (C=O) groups excluding carboxylic acids is 1. The molecule has 1 amide bonds. The Morgan fingerprint density at radius 2 is 2.27 bits per heavy atom. The van der Waals surface area contributed by atoms with Gasteiger partial charge in [0, 0.05) is 12.6 Å². The molecule has 1 aromatic rings. The number of hydroxylamine groups is 1. The molecule has 0 saturated heterocycles. The third kappa shape index (κ3) is 3.65. The van der Waals surface area contributed by atoms with Crippen LogP contribution in [0.1, 0.15) is 6.92 Å². The van der Waals surface area contributed by atoms with Gasteiger partial charge in [0.1, 0.15) is 0 Å². The molecule has 0 heterocycles. The molecule has 0 spiro atoms. The van der Waals surface area contributed by atoms with E-state index in [0.29, 0.717) is 11.4 Å². The number of nitrogens with two attached hydrogens (primary N) is 1. The molecule has 0 unspecified atom stereocenters. The van der Waals surface area contributed by atoms with Gasteiger partial charge in [0.15, 0.2) is 0 Å². The lowest BCUT2D eigenvalue weighted by Gasteiger charge is -2.03. The molecule has 0 fully saturated rings. The van der Waals surface area contributed by atoms with E-state index < -0.39 is 0 Å². The molecule has 0 bridgehead atoms. The van der Waals surface area contributed by atoms with Crippen molar-refractivity contribution in [2.45, 2.75) is 6.92 Å². The van der Waals surface area contributed by atoms with Gasteiger partial charge in [-0.3, -0.25) is 10.0 Å². The fourth-order valence-electron chi connectivity index (χ4n) is 1.02. The second kappa shape index (κ2) is 4.97. The van der Waals surface area contributed by atoms with Crippen LogP contribution in [0.3, 0.4) is 0 Å². The van der Waals surface area contributed by atoms with Gasteiger partial charge in [-0.2, -0.15) is 0 Å². The summed E-state index contributed by atoms with van der Waals surface area (Å²) in [6, 6.07) is 6.76. The molecule has 1 rings (SSSR count). The van der Waals surface area contributed by atoms with Gasteiger partial charge < -0.3 is 11.1 Å². The Morgan fingerprint density at radius 3 is 2.87 bits per heavy atom. The van der Waals surface area contributed by atoms with E-state index in [-0.39, 0.29) is 11.9 Å². The number of nitrogens with one attached hydrogen (secondary N) is 2. The summed E-state index contributed by atoms with van der Waals surface area (Å²) in [5.74, 6) is -0.278. The lowest BCUT2D eigenvalue weighted by atomic mass is 10.3. The molecule has 6 nitrogen and oxygen atoms in total. The number of anilines is 1. The second-order valence-electron chi connectivity index (χ2n) is 2.84. The van der Waals surface area contributed by atoms with Crippen LogP contribution in [0.15, 0.2) is 29.3 Å². The maximum absolute atomic E-state index is 10.8. The fourth-order valence-corrected chi connectivity index (χ4v) is 1.02. The molecule has 1 aromatic carbocycles. The van der Waals surface area contributed by atoms with E-state index in [9.17, 15) is 4.79 Å². The maximum atomic E-state index is 10.8. The van der Waals surface area contributed by atoms with Crippen molar-refractivity contribution in [1.29, 1.82) is 0 Å². The minimum atomic E-state index is -0.163. The molecular formula is C9H12N4O2. The van der Waals surface area contributed by atoms with Crippen LogP contribution in [0.4, 0.5) is 11.4 Å². The normalized spacial score (nSPS) is 10.9. The van der Waals surface area contributed by atoms with E-state index in [0.717, 1.165) is 0 Å². The summed E-state index contributed by atoms with van der Waals surface area (Å²) < 4.78 is 0. The zero-order valence-corrected chi connectivity index (χ0v) is 8.19. The Balaban J connectivity index is 2.87. The van der Waals surface area contributed by atoms with Crippen LogP contribution in [0.5, 0.6) is 0 Å². The summed E-state index contributed by atoms with van der Waals surface area (Å²) in [6.45, 7) is 1.42. The molecule has 0 radical (unpaired) electrons. The van der Waals surface area contributed by atoms with Gasteiger partial charge in [0.05, 0.1) is 5.69 Å². The highest BCUT2D eigenvalue weighted by molar-refractivity contribution is 5.89. The monoisotopic (exact) mass is 208 g/mol. The van der Waals surface area contributed by atoms with Crippen molar-refractivity contribution < 1.29 is 10.0 Å². The van der Waals surface area contributed by atoms with Gasteiger partial charge in [-0.25, -0.2) is 10.5 Å². The van der Waals surface area contributed by atoms with E-state index in [1.165, 1.54) is 6.92 Å². The first-order valence-corrected chi connectivity index (χ1v) is 4.23. The molecule has 0 atom stereocenters. The highest BCUT2D eigenvalue weighted by Gasteiger charge is 1.97. The lowest BCUT2D eigenvalue weighted by Crippen LogP contribution is -2.27. The average molecular weight is 208 g/mol. The molecule has 0 aliphatic heterocycles. The van der Waals surface area contributed by atoms with E-state index in [4.69, 9.17) is 10.9 Å². The van der Waals surface area contributed by atoms with Gasteiger partial charge in [-0.05, 0) is 18.2 Å². The molecule has 6 heteroatoms. The van der Waals surface area contributed by atoms with E-state index >= 15 is 0 Å². The Labute approximate surface area is 86.8 Å². The topological polar surface area (TPSA) is 99.7 Å². The largest absolute Gasteiger partial charge is 0.368 e. The minimum Gasteiger partial charge on any atom is -0.368 e. The van der Waals surface area contributed by atoms with Crippen molar-refractivity contribution in [2.24, 2.45) is 10.7 Å². The van der Waals surface area contributed by atoms with Crippen LogP contribution < -0.4 is 16.5 Å². The predicted molar refractivity (Wildman–Crippen MR) is 57.0 cm³/mol. The first-order valence-electron chi connectivity index (χ1n) is 4.23. The van der Waals surface area contributed by atoms with Crippen molar-refractivity contribution in [1.82, 2.24) is 5.48 Å². The van der Waals surface area contributed by atoms with Gasteiger partial charge in [-0.1, -0.05) is 6.07 Å². The summed E-state index contributed by atoms with van der Waals surface area (Å²) in [5.41, 5.74) is 8.12. The summed E-state index contributed by atoms with van der Waals surface area (Å²) in [6.07, 6.45) is 0. The molecular weight excluding hydrogens is 196 g/mol. The number of amides is 1. The maximum Gasteiger partial charge on any atom is 0.221 e. The number of aliphatic imine (C=N–C) groups is 1. The SMILES string of the molecule is CC(=O)Nc1cccc(N=C(N)NO)c1. The first kappa shape index (κ1) is 11.0. The Bertz CT molecular complexity index is 389. The third-order valence-corrected chi connectivity index (χ3v) is 1.53. The van der Waals surface area contributed by atoms with Crippen LogP contribution in [-0.4, -0.2) is 17.1 Å². The van der Waals surface area contributed by atoms with Gasteiger partial charge >= 0.3 is 0 Å². The highest BCUT2D eigenvalue weighted by atomic mass is 16.5. The molecule has 0 aliphatic rings. The van der Waals surface area contributed by atoms with Gasteiger partial charge in [-0.15, -0.1) is 0 Å². The van der Waals surface area contributed by atoms with E-state index in [1.54, 1.807) is 29.7 Å². The quantitative estimate of drug-likeness (QED) is 0.324. The number of carbonyl (C=O) groups is 1. The standard InChI is InChI=1S/C9H12N4O2/c1-6(14)11-7-3-2-4-8(5-7)12-9(10)13-15/h2-5,15H,1H3,(H,11,14)(H3,10,12,13). The van der Waals surface area contributed by atoms with Crippen molar-refractivity contribution in [3.05, 3.63) is 24.3 Å². The Hall–Kier alpha value is -2.08. The summed E-state index contributed by atoms with van der Waals surface area (Å²) in [7, 11) is 0. The zero-order valence-electron chi connectivity index (χ0n) is 8.19. The summed E-state index contributed by atoms with van der Waals surface area (Å²) >= 11 is 0. The molecule has 80 valence electrons.